The van der Waals surface area contributed by atoms with Crippen molar-refractivity contribution >= 4 is 11.5 Å². The van der Waals surface area contributed by atoms with Crippen LogP contribution in [0.25, 0.3) is 5.57 Å². The summed E-state index contributed by atoms with van der Waals surface area (Å²) in [5, 5.41) is 0. The van der Waals surface area contributed by atoms with Gasteiger partial charge in [0.15, 0.2) is 0 Å². The summed E-state index contributed by atoms with van der Waals surface area (Å²) in [4.78, 5) is 11.1. The number of esters is 1. The first-order valence-corrected chi connectivity index (χ1v) is 3.91. The molecule has 0 amide bonds. The Hall–Kier alpha value is -1.57. The summed E-state index contributed by atoms with van der Waals surface area (Å²) in [5.74, 6) is -0.415. The van der Waals surface area contributed by atoms with Gasteiger partial charge in [-0.3, -0.25) is 0 Å². The van der Waals surface area contributed by atoms with Gasteiger partial charge in [0.05, 0.1) is 12.7 Å². The second-order valence-corrected chi connectivity index (χ2v) is 2.72. The molecule has 0 aliphatic rings. The minimum Gasteiger partial charge on any atom is -0.465 e. The molecule has 0 fully saturated rings. The van der Waals surface area contributed by atoms with Crippen LogP contribution in [0.15, 0.2) is 24.8 Å². The Morgan fingerprint density at radius 2 is 2.23 bits per heavy atom. The van der Waals surface area contributed by atoms with Crippen LogP contribution >= 0.6 is 0 Å². The van der Waals surface area contributed by atoms with Crippen LogP contribution < -0.4 is 0 Å². The molecular formula is C11H11O2. The lowest BCUT2D eigenvalue weighted by molar-refractivity contribution is -0.133. The van der Waals surface area contributed by atoms with Crippen molar-refractivity contribution in [2.75, 3.05) is 7.11 Å². The molecule has 2 nitrogen and oxygen atoms in total. The van der Waals surface area contributed by atoms with Crippen molar-refractivity contribution in [3.05, 3.63) is 42.0 Å². The van der Waals surface area contributed by atoms with E-state index in [1.54, 1.807) is 6.07 Å². The Labute approximate surface area is 77.8 Å². The van der Waals surface area contributed by atoms with Crippen LogP contribution in [0.1, 0.15) is 11.1 Å². The summed E-state index contributed by atoms with van der Waals surface area (Å²) in [6.07, 6.45) is 0. The first-order valence-electron chi connectivity index (χ1n) is 3.91. The molecule has 13 heavy (non-hydrogen) atoms. The van der Waals surface area contributed by atoms with Crippen LogP contribution in [0.4, 0.5) is 0 Å². The standard InChI is InChI=1S/C11H11O2/c1-8-5-4-6-10(7-8)9(2)11(12)13-3/h4-6H,2H2,1,3H3. The fraction of sp³-hybridized carbons (Fsp3) is 0.182. The van der Waals surface area contributed by atoms with Gasteiger partial charge in [0.1, 0.15) is 0 Å². The molecule has 1 rings (SSSR count). The van der Waals surface area contributed by atoms with E-state index >= 15 is 0 Å². The van der Waals surface area contributed by atoms with Crippen molar-refractivity contribution in [2.45, 2.75) is 6.92 Å². The molecule has 0 N–H and O–H groups in total. The van der Waals surface area contributed by atoms with Gasteiger partial charge in [-0.15, -0.1) is 0 Å². The molecule has 0 aliphatic heterocycles. The number of carbonyl (C=O) groups is 1. The number of methoxy groups -OCH3 is 1. The van der Waals surface area contributed by atoms with Crippen molar-refractivity contribution in [3.63, 3.8) is 0 Å². The van der Waals surface area contributed by atoms with Crippen molar-refractivity contribution < 1.29 is 9.53 Å². The zero-order chi connectivity index (χ0) is 9.84. The van der Waals surface area contributed by atoms with E-state index < -0.39 is 5.97 Å². The second-order valence-electron chi connectivity index (χ2n) is 2.72. The largest absolute Gasteiger partial charge is 0.465 e. The summed E-state index contributed by atoms with van der Waals surface area (Å²) in [6, 6.07) is 8.57. The van der Waals surface area contributed by atoms with E-state index in [1.165, 1.54) is 7.11 Å². The molecule has 0 spiro atoms. The highest BCUT2D eigenvalue weighted by molar-refractivity contribution is 6.15. The van der Waals surface area contributed by atoms with Gasteiger partial charge >= 0.3 is 5.97 Å². The predicted molar refractivity (Wildman–Crippen MR) is 51.1 cm³/mol. The van der Waals surface area contributed by atoms with Crippen molar-refractivity contribution in [2.24, 2.45) is 0 Å². The normalized spacial score (nSPS) is 9.38. The Kier molecular flexibility index (Phi) is 2.85. The Morgan fingerprint density at radius 1 is 1.54 bits per heavy atom. The maximum atomic E-state index is 11.1. The molecule has 2 heteroatoms. The van der Waals surface area contributed by atoms with E-state index in [-0.39, 0.29) is 0 Å². The van der Waals surface area contributed by atoms with Gasteiger partial charge in [-0.1, -0.05) is 24.8 Å². The number of benzene rings is 1. The molecule has 0 saturated heterocycles. The van der Waals surface area contributed by atoms with E-state index in [0.717, 1.165) is 5.56 Å². The van der Waals surface area contributed by atoms with Crippen LogP contribution in [0.3, 0.4) is 0 Å². The lowest BCUT2D eigenvalue weighted by atomic mass is 10.1. The molecule has 0 aliphatic carbocycles. The molecular weight excluding hydrogens is 164 g/mol. The van der Waals surface area contributed by atoms with Gasteiger partial charge < -0.3 is 4.74 Å². The van der Waals surface area contributed by atoms with Crippen molar-refractivity contribution in [3.8, 4) is 0 Å². The average Bonchev–Trinajstić information content (AvgIpc) is 2.15. The summed E-state index contributed by atoms with van der Waals surface area (Å²) >= 11 is 0. The monoisotopic (exact) mass is 175 g/mol. The lowest BCUT2D eigenvalue weighted by Gasteiger charge is -2.03. The summed E-state index contributed by atoms with van der Waals surface area (Å²) in [5.41, 5.74) is 2.00. The highest BCUT2D eigenvalue weighted by Crippen LogP contribution is 2.13. The highest BCUT2D eigenvalue weighted by atomic mass is 16.5. The Bertz CT molecular complexity index is 340. The lowest BCUT2D eigenvalue weighted by Crippen LogP contribution is -2.02. The van der Waals surface area contributed by atoms with E-state index in [2.05, 4.69) is 17.4 Å². The van der Waals surface area contributed by atoms with Gasteiger partial charge in [0.25, 0.3) is 0 Å². The number of ether oxygens (including phenoxy) is 1. The van der Waals surface area contributed by atoms with Crippen LogP contribution in [0, 0.1) is 13.0 Å². The first kappa shape index (κ1) is 9.52. The second kappa shape index (κ2) is 3.90. The first-order chi connectivity index (χ1) is 6.15. The third-order valence-electron chi connectivity index (χ3n) is 1.70. The minimum absolute atomic E-state index is 0.339. The predicted octanol–water partition coefficient (Wildman–Crippen LogP) is 1.98. The van der Waals surface area contributed by atoms with E-state index in [0.29, 0.717) is 11.1 Å². The third kappa shape index (κ3) is 2.18. The molecule has 0 heterocycles. The van der Waals surface area contributed by atoms with E-state index in [1.807, 2.05) is 19.1 Å². The molecule has 0 saturated carbocycles. The molecule has 0 atom stereocenters. The fourth-order valence-corrected chi connectivity index (χ4v) is 0.994. The number of hydrogen-bond acceptors (Lipinski definition) is 2. The fourth-order valence-electron chi connectivity index (χ4n) is 0.994. The van der Waals surface area contributed by atoms with E-state index in [4.69, 9.17) is 0 Å². The van der Waals surface area contributed by atoms with Crippen LogP contribution in [-0.4, -0.2) is 13.1 Å². The molecule has 1 aromatic carbocycles. The quantitative estimate of drug-likeness (QED) is 0.507. The zero-order valence-electron chi connectivity index (χ0n) is 7.76. The van der Waals surface area contributed by atoms with Gasteiger partial charge in [-0.25, -0.2) is 4.79 Å². The number of carbonyl (C=O) groups excluding carboxylic acids is 1. The summed E-state index contributed by atoms with van der Waals surface area (Å²) in [7, 11) is 1.34. The van der Waals surface area contributed by atoms with Gasteiger partial charge in [-0.05, 0) is 24.1 Å². The van der Waals surface area contributed by atoms with Crippen molar-refractivity contribution in [1.82, 2.24) is 0 Å². The Morgan fingerprint density at radius 3 is 2.77 bits per heavy atom. The highest BCUT2D eigenvalue weighted by Gasteiger charge is 2.08. The molecule has 1 aromatic rings. The zero-order valence-corrected chi connectivity index (χ0v) is 7.76. The van der Waals surface area contributed by atoms with Gasteiger partial charge in [0.2, 0.25) is 0 Å². The summed E-state index contributed by atoms with van der Waals surface area (Å²) < 4.78 is 4.55. The number of hydrogen-bond donors (Lipinski definition) is 0. The number of aryl methyl sites for hydroxylation is 1. The SMILES string of the molecule is C=C(C(=O)OC)c1[c]c(C)ccc1. The Balaban J connectivity index is 2.95. The average molecular weight is 175 g/mol. The maximum absolute atomic E-state index is 11.1. The van der Waals surface area contributed by atoms with Crippen LogP contribution in [0.2, 0.25) is 0 Å². The van der Waals surface area contributed by atoms with Crippen LogP contribution in [0.5, 0.6) is 0 Å². The van der Waals surface area contributed by atoms with E-state index in [9.17, 15) is 4.79 Å². The topological polar surface area (TPSA) is 26.3 Å². The molecule has 0 bridgehead atoms. The maximum Gasteiger partial charge on any atom is 0.337 e. The smallest absolute Gasteiger partial charge is 0.337 e. The van der Waals surface area contributed by atoms with Crippen molar-refractivity contribution in [1.29, 1.82) is 0 Å². The molecule has 1 radical (unpaired) electrons. The van der Waals surface area contributed by atoms with Gasteiger partial charge in [-0.2, -0.15) is 0 Å². The van der Waals surface area contributed by atoms with Crippen LogP contribution in [-0.2, 0) is 9.53 Å². The minimum atomic E-state index is -0.415. The molecule has 0 aromatic heterocycles. The van der Waals surface area contributed by atoms with Gasteiger partial charge in [0, 0.05) is 0 Å². The third-order valence-corrected chi connectivity index (χ3v) is 1.70. The summed E-state index contributed by atoms with van der Waals surface area (Å²) in [6.45, 7) is 5.54. The molecule has 67 valence electrons. The number of rotatable bonds is 2. The molecule has 0 unspecified atom stereocenters.